The molecule has 1 aliphatic carbocycles. The molecular weight excluding hydrogens is 565 g/mol. The molecule has 9 heteroatoms. The standard InChI is InChI=1S/C30H66O4Si5/c1-10-11-12-17-23-36(2,3)32-35-33-37(4,5)24-18-15-13-14-16-19-25-38(6,7)34-39(8,9)26-22-28-20-21-29-30(27-28)31-29/h28-30H,10-27H2,1-9H3. The van der Waals surface area contributed by atoms with Crippen LogP contribution in [-0.4, -0.2) is 55.5 Å². The molecule has 1 aliphatic heterocycles. The lowest BCUT2D eigenvalue weighted by Crippen LogP contribution is -2.44. The van der Waals surface area contributed by atoms with Gasteiger partial charge in [0.15, 0.2) is 33.3 Å². The Bertz CT molecular complexity index is 674. The molecule has 3 unspecified atom stereocenters. The van der Waals surface area contributed by atoms with E-state index in [1.54, 1.807) is 0 Å². The second kappa shape index (κ2) is 17.3. The molecule has 2 aliphatic rings. The van der Waals surface area contributed by atoms with Crippen LogP contribution in [0.15, 0.2) is 0 Å². The quantitative estimate of drug-likeness (QED) is 0.0640. The molecule has 230 valence electrons. The van der Waals surface area contributed by atoms with Crippen LogP contribution in [0.2, 0.25) is 76.6 Å². The average molecular weight is 631 g/mol. The molecule has 2 rings (SSSR count). The SMILES string of the molecule is CCCCCC[Si](C)(C)O[Si]O[Si](C)(C)CCCCCCCC[Si](C)(C)O[Si](C)(C)CCC1CCC2OC2C1. The maximum Gasteiger partial charge on any atom is 0.410 e. The van der Waals surface area contributed by atoms with E-state index in [1.807, 2.05) is 0 Å². The van der Waals surface area contributed by atoms with E-state index in [4.69, 9.17) is 17.1 Å². The highest BCUT2D eigenvalue weighted by Gasteiger charge is 2.44. The Morgan fingerprint density at radius 3 is 1.62 bits per heavy atom. The molecule has 0 aromatic heterocycles. The fourth-order valence-electron chi connectivity index (χ4n) is 6.29. The summed E-state index contributed by atoms with van der Waals surface area (Å²) < 4.78 is 25.3. The van der Waals surface area contributed by atoms with Crippen LogP contribution in [0.5, 0.6) is 0 Å². The first-order chi connectivity index (χ1) is 18.2. The van der Waals surface area contributed by atoms with E-state index >= 15 is 0 Å². The summed E-state index contributed by atoms with van der Waals surface area (Å²) >= 11 is 0. The summed E-state index contributed by atoms with van der Waals surface area (Å²) in [7, 11) is -5.99. The number of fused-ring (bicyclic) bond motifs is 1. The monoisotopic (exact) mass is 630 g/mol. The van der Waals surface area contributed by atoms with Crippen LogP contribution in [0.4, 0.5) is 0 Å². The number of epoxide rings is 1. The minimum absolute atomic E-state index is 0.263. The normalized spacial score (nSPS) is 22.2. The van der Waals surface area contributed by atoms with Crippen molar-refractivity contribution >= 4 is 43.3 Å². The van der Waals surface area contributed by atoms with Gasteiger partial charge in [-0.25, -0.2) is 0 Å². The number of hydrogen-bond donors (Lipinski definition) is 0. The molecule has 0 aromatic rings. The summed E-state index contributed by atoms with van der Waals surface area (Å²) in [6, 6.07) is 5.20. The lowest BCUT2D eigenvalue weighted by Gasteiger charge is -2.35. The highest BCUT2D eigenvalue weighted by Crippen LogP contribution is 2.42. The van der Waals surface area contributed by atoms with Crippen molar-refractivity contribution in [1.82, 2.24) is 0 Å². The smallest absolute Gasteiger partial charge is 0.410 e. The highest BCUT2D eigenvalue weighted by molar-refractivity contribution is 6.84. The molecule has 0 amide bonds. The van der Waals surface area contributed by atoms with Crippen molar-refractivity contribution in [3.63, 3.8) is 0 Å². The lowest BCUT2D eigenvalue weighted by molar-refractivity contribution is 0.355. The lowest BCUT2D eigenvalue weighted by atomic mass is 9.88. The van der Waals surface area contributed by atoms with Crippen LogP contribution < -0.4 is 0 Å². The van der Waals surface area contributed by atoms with Crippen molar-refractivity contribution < 1.29 is 17.1 Å². The second-order valence-electron chi connectivity index (χ2n) is 15.3. The van der Waals surface area contributed by atoms with Gasteiger partial charge in [0.05, 0.1) is 12.2 Å². The van der Waals surface area contributed by atoms with Gasteiger partial charge >= 0.3 is 10.0 Å². The third-order valence-corrected chi connectivity index (χ3v) is 24.6. The molecule has 2 fully saturated rings. The zero-order chi connectivity index (χ0) is 29.0. The van der Waals surface area contributed by atoms with Gasteiger partial charge in [0.2, 0.25) is 0 Å². The third kappa shape index (κ3) is 17.0. The van der Waals surface area contributed by atoms with Gasteiger partial charge in [0.1, 0.15) is 0 Å². The zero-order valence-electron chi connectivity index (χ0n) is 27.6. The molecule has 1 saturated heterocycles. The Hall–Kier alpha value is 0.924. The first-order valence-corrected chi connectivity index (χ1v) is 30.0. The summed E-state index contributed by atoms with van der Waals surface area (Å²) in [5.41, 5.74) is 0. The van der Waals surface area contributed by atoms with E-state index in [9.17, 15) is 0 Å². The molecule has 0 spiro atoms. The second-order valence-corrected chi connectivity index (χ2v) is 34.0. The van der Waals surface area contributed by atoms with Gasteiger partial charge in [-0.2, -0.15) is 0 Å². The highest BCUT2D eigenvalue weighted by atomic mass is 28.4. The number of ether oxygens (including phenoxy) is 1. The van der Waals surface area contributed by atoms with Crippen molar-refractivity contribution in [2.24, 2.45) is 5.92 Å². The van der Waals surface area contributed by atoms with E-state index in [2.05, 4.69) is 59.3 Å². The third-order valence-electron chi connectivity index (χ3n) is 8.90. The molecular formula is C30H66O4Si5. The predicted octanol–water partition coefficient (Wildman–Crippen LogP) is 10.3. The van der Waals surface area contributed by atoms with Gasteiger partial charge in [-0.3, -0.25) is 0 Å². The van der Waals surface area contributed by atoms with Crippen LogP contribution in [0, 0.1) is 5.92 Å². The zero-order valence-corrected chi connectivity index (χ0v) is 32.6. The first kappa shape index (κ1) is 36.1. The van der Waals surface area contributed by atoms with E-state index in [-0.39, 0.29) is 10.0 Å². The van der Waals surface area contributed by atoms with E-state index in [1.165, 1.54) is 114 Å². The van der Waals surface area contributed by atoms with E-state index in [0.717, 1.165) is 5.92 Å². The summed E-state index contributed by atoms with van der Waals surface area (Å²) in [4.78, 5) is 0. The molecule has 0 bridgehead atoms. The summed E-state index contributed by atoms with van der Waals surface area (Å²) in [5.74, 6) is 0.890. The van der Waals surface area contributed by atoms with Gasteiger partial charge in [-0.05, 0) is 102 Å². The van der Waals surface area contributed by atoms with Crippen molar-refractivity contribution in [2.75, 3.05) is 0 Å². The molecule has 3 atom stereocenters. The number of unbranched alkanes of at least 4 members (excludes halogenated alkanes) is 8. The molecule has 4 nitrogen and oxygen atoms in total. The minimum Gasteiger partial charge on any atom is -0.455 e. The largest absolute Gasteiger partial charge is 0.455 e. The maximum atomic E-state index is 6.95. The predicted molar refractivity (Wildman–Crippen MR) is 181 cm³/mol. The van der Waals surface area contributed by atoms with Gasteiger partial charge in [0.25, 0.3) is 0 Å². The maximum absolute atomic E-state index is 6.95. The fourth-order valence-corrected chi connectivity index (χ4v) is 20.7. The average Bonchev–Trinajstić information content (AvgIpc) is 3.60. The van der Waals surface area contributed by atoms with Gasteiger partial charge in [0, 0.05) is 0 Å². The molecule has 1 heterocycles. The number of hydrogen-bond acceptors (Lipinski definition) is 4. The summed E-state index contributed by atoms with van der Waals surface area (Å²) in [6.07, 6.45) is 20.1. The Morgan fingerprint density at radius 2 is 1.08 bits per heavy atom. The topological polar surface area (TPSA) is 40.2 Å². The van der Waals surface area contributed by atoms with Gasteiger partial charge in [-0.1, -0.05) is 77.6 Å². The van der Waals surface area contributed by atoms with Crippen molar-refractivity contribution in [2.45, 2.75) is 186 Å². The van der Waals surface area contributed by atoms with Crippen molar-refractivity contribution in [1.29, 1.82) is 0 Å². The van der Waals surface area contributed by atoms with Crippen LogP contribution in [0.3, 0.4) is 0 Å². The van der Waals surface area contributed by atoms with Crippen LogP contribution >= 0.6 is 0 Å². The molecule has 39 heavy (non-hydrogen) atoms. The molecule has 0 aromatic carbocycles. The van der Waals surface area contributed by atoms with E-state index in [0.29, 0.717) is 12.2 Å². The molecule has 2 radical (unpaired) electrons. The Labute approximate surface area is 251 Å². The van der Waals surface area contributed by atoms with Crippen LogP contribution in [0.1, 0.15) is 96.8 Å². The first-order valence-electron chi connectivity index (χ1n) is 16.7. The van der Waals surface area contributed by atoms with E-state index < -0.39 is 33.3 Å². The van der Waals surface area contributed by atoms with Crippen molar-refractivity contribution in [3.8, 4) is 0 Å². The van der Waals surface area contributed by atoms with Gasteiger partial charge in [-0.15, -0.1) is 0 Å². The summed E-state index contributed by atoms with van der Waals surface area (Å²) in [5, 5.41) is 0. The molecule has 0 N–H and O–H groups in total. The minimum atomic E-state index is -1.59. The summed E-state index contributed by atoms with van der Waals surface area (Å²) in [6.45, 7) is 21.6. The van der Waals surface area contributed by atoms with Crippen LogP contribution in [0.25, 0.3) is 0 Å². The Morgan fingerprint density at radius 1 is 0.590 bits per heavy atom. The molecule has 1 saturated carbocycles. The Balaban J connectivity index is 1.47. The number of rotatable bonds is 23. The van der Waals surface area contributed by atoms with Crippen LogP contribution in [-0.2, 0) is 17.1 Å². The fraction of sp³-hybridized carbons (Fsp3) is 1.00. The van der Waals surface area contributed by atoms with Crippen molar-refractivity contribution in [3.05, 3.63) is 0 Å². The van der Waals surface area contributed by atoms with Gasteiger partial charge < -0.3 is 17.1 Å². The Kier molecular flexibility index (Phi) is 16.0.